The highest BCUT2D eigenvalue weighted by molar-refractivity contribution is 5.98. The summed E-state index contributed by atoms with van der Waals surface area (Å²) in [5.41, 5.74) is 1.45. The molecule has 1 aliphatic rings. The van der Waals surface area contributed by atoms with Gasteiger partial charge in [0.1, 0.15) is 28.6 Å². The molecule has 10 nitrogen and oxygen atoms in total. The SMILES string of the molecule is COc1ccc(C(CC(=O)NCCc2ccc(O)c(O)c2)c2c(O)cc3c(c2O)C(=O)O[C@@H](C)CCCC(=O)CCC/C=C/3)cc1. The molecule has 46 heavy (non-hydrogen) atoms. The normalized spacial score (nSPS) is 17.2. The third-order valence-corrected chi connectivity index (χ3v) is 8.08. The van der Waals surface area contributed by atoms with Crippen molar-refractivity contribution in [2.75, 3.05) is 13.7 Å². The van der Waals surface area contributed by atoms with Gasteiger partial charge in [-0.25, -0.2) is 4.79 Å². The van der Waals surface area contributed by atoms with E-state index in [4.69, 9.17) is 9.47 Å². The van der Waals surface area contributed by atoms with E-state index in [2.05, 4.69) is 5.32 Å². The van der Waals surface area contributed by atoms with Crippen molar-refractivity contribution in [3.63, 3.8) is 0 Å². The number of allylic oxidation sites excluding steroid dienone is 1. The Bertz CT molecular complexity index is 1580. The topological polar surface area (TPSA) is 163 Å². The monoisotopic (exact) mass is 631 g/mol. The van der Waals surface area contributed by atoms with Crippen LogP contribution in [0.25, 0.3) is 6.08 Å². The van der Waals surface area contributed by atoms with Crippen LogP contribution in [0.4, 0.5) is 0 Å². The highest BCUT2D eigenvalue weighted by Crippen LogP contribution is 2.44. The zero-order valence-corrected chi connectivity index (χ0v) is 26.1. The van der Waals surface area contributed by atoms with Crippen LogP contribution < -0.4 is 10.1 Å². The zero-order chi connectivity index (χ0) is 33.2. The van der Waals surface area contributed by atoms with Gasteiger partial charge in [-0.05, 0) is 86.1 Å². The number of fused-ring (bicyclic) bond motifs is 1. The van der Waals surface area contributed by atoms with Crippen LogP contribution in [0.15, 0.2) is 54.6 Å². The standard InChI is InChI=1S/C36H41NO9/c1-22-7-6-10-26(38)9-5-3-4-8-25-20-31(41)34(35(43)33(25)36(44)46-22)28(24-12-14-27(45-2)15-13-24)21-32(42)37-18-17-23-11-16-29(39)30(40)19-23/h4,8,11-16,19-20,22,28,39-41,43H,3,5-7,9-10,17-18,21H2,1-2H3,(H,37,42)/b8-4+/t22-,28?/m0/s1. The largest absolute Gasteiger partial charge is 0.507 e. The number of aromatic hydroxyl groups is 4. The molecule has 0 saturated carbocycles. The number of phenols is 4. The highest BCUT2D eigenvalue weighted by atomic mass is 16.5. The fraction of sp³-hybridized carbons (Fsp3) is 0.361. The molecule has 0 saturated heterocycles. The minimum atomic E-state index is -0.859. The fourth-order valence-electron chi connectivity index (χ4n) is 5.57. The number of ketones is 1. The maximum absolute atomic E-state index is 13.5. The predicted molar refractivity (Wildman–Crippen MR) is 172 cm³/mol. The fourth-order valence-corrected chi connectivity index (χ4v) is 5.57. The molecule has 0 aromatic heterocycles. The lowest BCUT2D eigenvalue weighted by Crippen LogP contribution is -2.27. The first-order chi connectivity index (χ1) is 22.1. The Kier molecular flexibility index (Phi) is 11.7. The van der Waals surface area contributed by atoms with Crippen LogP contribution in [0.5, 0.6) is 28.7 Å². The molecule has 1 heterocycles. The summed E-state index contributed by atoms with van der Waals surface area (Å²) in [5.74, 6) is -2.54. The van der Waals surface area contributed by atoms with Crippen molar-refractivity contribution in [3.8, 4) is 28.7 Å². The van der Waals surface area contributed by atoms with Crippen molar-refractivity contribution in [3.05, 3.63) is 82.4 Å². The minimum Gasteiger partial charge on any atom is -0.507 e. The van der Waals surface area contributed by atoms with Crippen LogP contribution in [0.2, 0.25) is 0 Å². The lowest BCUT2D eigenvalue weighted by molar-refractivity contribution is -0.121. The first-order valence-corrected chi connectivity index (χ1v) is 15.5. The number of carbonyl (C=O) groups is 3. The van der Waals surface area contributed by atoms with Gasteiger partial charge in [-0.1, -0.05) is 30.4 Å². The number of rotatable bonds is 8. The molecular weight excluding hydrogens is 590 g/mol. The van der Waals surface area contributed by atoms with Gasteiger partial charge >= 0.3 is 5.97 Å². The predicted octanol–water partition coefficient (Wildman–Crippen LogP) is 5.88. The summed E-state index contributed by atoms with van der Waals surface area (Å²) in [6.45, 7) is 1.95. The van der Waals surface area contributed by atoms with Crippen LogP contribution in [-0.2, 0) is 20.7 Å². The molecule has 0 spiro atoms. The molecule has 0 aliphatic carbocycles. The van der Waals surface area contributed by atoms with Gasteiger partial charge in [0.15, 0.2) is 11.5 Å². The van der Waals surface area contributed by atoms with E-state index in [0.717, 1.165) is 0 Å². The molecule has 3 aromatic carbocycles. The second-order valence-electron chi connectivity index (χ2n) is 11.5. The molecule has 1 amide bonds. The molecule has 10 heteroatoms. The highest BCUT2D eigenvalue weighted by Gasteiger charge is 2.31. The first-order valence-electron chi connectivity index (χ1n) is 15.5. The van der Waals surface area contributed by atoms with Crippen molar-refractivity contribution in [2.24, 2.45) is 0 Å². The lowest BCUT2D eigenvalue weighted by Gasteiger charge is -2.23. The van der Waals surface area contributed by atoms with E-state index in [1.54, 1.807) is 49.4 Å². The Hall–Kier alpha value is -4.99. The molecule has 1 unspecified atom stereocenters. The van der Waals surface area contributed by atoms with Crippen molar-refractivity contribution < 1.29 is 44.3 Å². The molecule has 3 aromatic rings. The van der Waals surface area contributed by atoms with Crippen molar-refractivity contribution in [2.45, 2.75) is 70.3 Å². The van der Waals surface area contributed by atoms with Gasteiger partial charge in [0.05, 0.1) is 13.2 Å². The molecule has 0 fully saturated rings. The van der Waals surface area contributed by atoms with Gasteiger partial charge in [-0.3, -0.25) is 9.59 Å². The zero-order valence-electron chi connectivity index (χ0n) is 26.1. The Balaban J connectivity index is 1.68. The van der Waals surface area contributed by atoms with Crippen LogP contribution in [0.1, 0.15) is 90.4 Å². The number of methoxy groups -OCH3 is 1. The molecule has 0 radical (unpaired) electrons. The van der Waals surface area contributed by atoms with Gasteiger partial charge in [0.25, 0.3) is 0 Å². The van der Waals surface area contributed by atoms with Gasteiger partial charge in [-0.15, -0.1) is 0 Å². The van der Waals surface area contributed by atoms with E-state index in [1.807, 2.05) is 0 Å². The van der Waals surface area contributed by atoms with Crippen LogP contribution >= 0.6 is 0 Å². The van der Waals surface area contributed by atoms with E-state index in [1.165, 1.54) is 25.3 Å². The van der Waals surface area contributed by atoms with E-state index >= 15 is 0 Å². The van der Waals surface area contributed by atoms with E-state index in [0.29, 0.717) is 61.8 Å². The summed E-state index contributed by atoms with van der Waals surface area (Å²) in [5, 5.41) is 45.2. The molecule has 4 rings (SSSR count). The van der Waals surface area contributed by atoms with Gasteiger partial charge < -0.3 is 35.2 Å². The molecule has 0 bridgehead atoms. The first kappa shape index (κ1) is 33.9. The molecular formula is C36H41NO9. The van der Waals surface area contributed by atoms with Crippen molar-refractivity contribution >= 4 is 23.7 Å². The van der Waals surface area contributed by atoms with Crippen molar-refractivity contribution in [1.29, 1.82) is 0 Å². The van der Waals surface area contributed by atoms with E-state index in [-0.39, 0.29) is 58.6 Å². The van der Waals surface area contributed by atoms with Crippen LogP contribution in [0, 0.1) is 0 Å². The molecule has 2 atom stereocenters. The summed E-state index contributed by atoms with van der Waals surface area (Å²) >= 11 is 0. The Labute approximate surface area is 268 Å². The Morgan fingerprint density at radius 3 is 2.43 bits per heavy atom. The average Bonchev–Trinajstić information content (AvgIpc) is 3.01. The summed E-state index contributed by atoms with van der Waals surface area (Å²) in [4.78, 5) is 38.9. The smallest absolute Gasteiger partial charge is 0.342 e. The van der Waals surface area contributed by atoms with Gasteiger partial charge in [0.2, 0.25) is 5.91 Å². The van der Waals surface area contributed by atoms with E-state index < -0.39 is 23.7 Å². The Morgan fingerprint density at radius 2 is 1.72 bits per heavy atom. The van der Waals surface area contributed by atoms with Gasteiger partial charge in [-0.2, -0.15) is 0 Å². The summed E-state index contributed by atoms with van der Waals surface area (Å²) < 4.78 is 11.0. The van der Waals surface area contributed by atoms with E-state index in [9.17, 15) is 34.8 Å². The van der Waals surface area contributed by atoms with Crippen molar-refractivity contribution in [1.82, 2.24) is 5.32 Å². The van der Waals surface area contributed by atoms with Gasteiger partial charge in [0, 0.05) is 37.3 Å². The number of amides is 1. The number of phenolic OH excluding ortho intramolecular Hbond substituents is 4. The maximum atomic E-state index is 13.5. The second kappa shape index (κ2) is 15.8. The average molecular weight is 632 g/mol. The molecule has 244 valence electrons. The number of hydrogen-bond acceptors (Lipinski definition) is 9. The quantitative estimate of drug-likeness (QED) is 0.151. The third-order valence-electron chi connectivity index (χ3n) is 8.08. The third kappa shape index (κ3) is 8.80. The molecule has 1 aliphatic heterocycles. The Morgan fingerprint density at radius 1 is 0.978 bits per heavy atom. The van der Waals surface area contributed by atoms with Crippen LogP contribution in [0.3, 0.4) is 0 Å². The number of cyclic esters (lactones) is 1. The minimum absolute atomic E-state index is 0.00670. The summed E-state index contributed by atoms with van der Waals surface area (Å²) in [7, 11) is 1.52. The number of esters is 1. The number of benzene rings is 3. The number of nitrogens with one attached hydrogen (secondary N) is 1. The number of hydrogen-bond donors (Lipinski definition) is 5. The summed E-state index contributed by atoms with van der Waals surface area (Å²) in [6.07, 6.45) is 6.22. The number of ether oxygens (including phenoxy) is 2. The maximum Gasteiger partial charge on any atom is 0.342 e. The molecule has 5 N–H and O–H groups in total. The second-order valence-corrected chi connectivity index (χ2v) is 11.5. The summed E-state index contributed by atoms with van der Waals surface area (Å²) in [6, 6.07) is 12.7. The number of Topliss-reactive ketones (excluding diaryl/α,β-unsaturated/α-hetero) is 1. The lowest BCUT2D eigenvalue weighted by atomic mass is 9.84. The van der Waals surface area contributed by atoms with Crippen LogP contribution in [-0.4, -0.2) is 57.8 Å². The number of carbonyl (C=O) groups excluding carboxylic acids is 3.